The van der Waals surface area contributed by atoms with Crippen LogP contribution in [0.15, 0.2) is 48.7 Å². The topological polar surface area (TPSA) is 47.0 Å². The highest BCUT2D eigenvalue weighted by atomic mass is 16.5. The molecule has 23 heavy (non-hydrogen) atoms. The van der Waals surface area contributed by atoms with Crippen LogP contribution in [-0.2, 0) is 6.54 Å². The highest BCUT2D eigenvalue weighted by molar-refractivity contribution is 5.76. The first-order valence-corrected chi connectivity index (χ1v) is 7.94. The van der Waals surface area contributed by atoms with Gasteiger partial charge in [-0.05, 0) is 49.2 Å². The van der Waals surface area contributed by atoms with E-state index in [1.165, 1.54) is 5.56 Å². The predicted molar refractivity (Wildman–Crippen MR) is 93.8 cm³/mol. The first-order chi connectivity index (χ1) is 11.3. The Morgan fingerprint density at radius 3 is 2.91 bits per heavy atom. The molecule has 4 heteroatoms. The number of benzene rings is 1. The van der Waals surface area contributed by atoms with Crippen molar-refractivity contribution in [2.45, 2.75) is 26.8 Å². The summed E-state index contributed by atoms with van der Waals surface area (Å²) in [4.78, 5) is 8.83. The van der Waals surface area contributed by atoms with Crippen molar-refractivity contribution in [2.24, 2.45) is 0 Å². The number of rotatable bonds is 6. The average Bonchev–Trinajstić information content (AvgIpc) is 2.59. The van der Waals surface area contributed by atoms with E-state index >= 15 is 0 Å². The van der Waals surface area contributed by atoms with Crippen LogP contribution < -0.4 is 10.1 Å². The van der Waals surface area contributed by atoms with E-state index in [-0.39, 0.29) is 0 Å². The summed E-state index contributed by atoms with van der Waals surface area (Å²) in [7, 11) is 0. The zero-order valence-corrected chi connectivity index (χ0v) is 13.5. The summed E-state index contributed by atoms with van der Waals surface area (Å²) in [5.41, 5.74) is 3.09. The molecule has 0 aliphatic heterocycles. The van der Waals surface area contributed by atoms with Crippen LogP contribution in [0.3, 0.4) is 0 Å². The summed E-state index contributed by atoms with van der Waals surface area (Å²) in [6.07, 6.45) is 2.76. The van der Waals surface area contributed by atoms with Gasteiger partial charge in [0.2, 0.25) is 0 Å². The third-order valence-electron chi connectivity index (χ3n) is 3.61. The lowest BCUT2D eigenvalue weighted by molar-refractivity contribution is 0.314. The summed E-state index contributed by atoms with van der Waals surface area (Å²) < 4.78 is 5.85. The molecule has 2 aromatic heterocycles. The van der Waals surface area contributed by atoms with Gasteiger partial charge in [-0.1, -0.05) is 19.1 Å². The molecule has 0 spiro atoms. The molecular weight excluding hydrogens is 286 g/mol. The largest absolute Gasteiger partial charge is 0.493 e. The molecule has 0 amide bonds. The van der Waals surface area contributed by atoms with E-state index in [9.17, 15) is 0 Å². The maximum absolute atomic E-state index is 5.85. The number of fused-ring (bicyclic) bond motifs is 1. The van der Waals surface area contributed by atoms with E-state index in [0.717, 1.165) is 41.2 Å². The summed E-state index contributed by atoms with van der Waals surface area (Å²) in [5.74, 6) is 1.76. The number of aryl methyl sites for hydroxylation is 1. The van der Waals surface area contributed by atoms with Crippen LogP contribution in [0, 0.1) is 6.92 Å². The number of nitrogens with one attached hydrogen (secondary N) is 1. The molecule has 1 N–H and O–H groups in total. The van der Waals surface area contributed by atoms with E-state index < -0.39 is 0 Å². The lowest BCUT2D eigenvalue weighted by Gasteiger charge is -2.13. The second kappa shape index (κ2) is 7.09. The summed E-state index contributed by atoms with van der Waals surface area (Å²) in [6.45, 7) is 5.59. The monoisotopic (exact) mass is 307 g/mol. The van der Waals surface area contributed by atoms with Crippen LogP contribution in [0.25, 0.3) is 11.0 Å². The Labute approximate surface area is 136 Å². The molecule has 2 heterocycles. The Bertz CT molecular complexity index is 801. The van der Waals surface area contributed by atoms with Gasteiger partial charge >= 0.3 is 0 Å². The highest BCUT2D eigenvalue weighted by Gasteiger charge is 2.05. The molecule has 3 rings (SSSR count). The van der Waals surface area contributed by atoms with Crippen molar-refractivity contribution < 1.29 is 4.74 Å². The molecule has 3 aromatic rings. The maximum atomic E-state index is 5.85. The minimum absolute atomic E-state index is 0.671. The van der Waals surface area contributed by atoms with Gasteiger partial charge in [0.25, 0.3) is 0 Å². The van der Waals surface area contributed by atoms with Gasteiger partial charge in [-0.2, -0.15) is 0 Å². The molecule has 0 aliphatic carbocycles. The van der Waals surface area contributed by atoms with Crippen LogP contribution in [0.1, 0.15) is 24.5 Å². The molecule has 0 saturated heterocycles. The fourth-order valence-corrected chi connectivity index (χ4v) is 2.39. The SMILES string of the molecule is CCCOc1cc(C)ccc1CNc1ccc2cccnc2n1. The van der Waals surface area contributed by atoms with Gasteiger partial charge in [0.05, 0.1) is 6.61 Å². The molecule has 0 fully saturated rings. The molecule has 118 valence electrons. The number of hydrogen-bond acceptors (Lipinski definition) is 4. The van der Waals surface area contributed by atoms with Crippen molar-refractivity contribution in [1.82, 2.24) is 9.97 Å². The van der Waals surface area contributed by atoms with E-state index in [1.807, 2.05) is 24.3 Å². The number of pyridine rings is 2. The molecule has 0 aliphatic rings. The van der Waals surface area contributed by atoms with Crippen molar-refractivity contribution in [3.8, 4) is 5.75 Å². The van der Waals surface area contributed by atoms with Gasteiger partial charge in [0.15, 0.2) is 5.65 Å². The number of nitrogens with zero attached hydrogens (tertiary/aromatic N) is 2. The van der Waals surface area contributed by atoms with Crippen LogP contribution in [-0.4, -0.2) is 16.6 Å². The number of aromatic nitrogens is 2. The fraction of sp³-hybridized carbons (Fsp3) is 0.263. The summed E-state index contributed by atoms with van der Waals surface area (Å²) >= 11 is 0. The first-order valence-electron chi connectivity index (χ1n) is 7.94. The minimum Gasteiger partial charge on any atom is -0.493 e. The molecule has 1 aromatic carbocycles. The second-order valence-corrected chi connectivity index (χ2v) is 5.56. The third kappa shape index (κ3) is 3.77. The van der Waals surface area contributed by atoms with E-state index in [0.29, 0.717) is 6.54 Å². The Morgan fingerprint density at radius 2 is 2.04 bits per heavy atom. The Balaban J connectivity index is 1.76. The van der Waals surface area contributed by atoms with Gasteiger partial charge in [-0.15, -0.1) is 0 Å². The quantitative estimate of drug-likeness (QED) is 0.736. The molecule has 0 atom stereocenters. The van der Waals surface area contributed by atoms with E-state index in [2.05, 4.69) is 47.3 Å². The molecule has 0 saturated carbocycles. The highest BCUT2D eigenvalue weighted by Crippen LogP contribution is 2.22. The van der Waals surface area contributed by atoms with Crippen molar-refractivity contribution in [3.05, 3.63) is 59.8 Å². The first kappa shape index (κ1) is 15.3. The molecule has 0 bridgehead atoms. The number of ether oxygens (including phenoxy) is 1. The van der Waals surface area contributed by atoms with Gasteiger partial charge in [-0.3, -0.25) is 0 Å². The zero-order chi connectivity index (χ0) is 16.1. The van der Waals surface area contributed by atoms with Crippen molar-refractivity contribution in [3.63, 3.8) is 0 Å². The van der Waals surface area contributed by atoms with Crippen molar-refractivity contribution in [2.75, 3.05) is 11.9 Å². The smallest absolute Gasteiger partial charge is 0.161 e. The lowest BCUT2D eigenvalue weighted by atomic mass is 10.1. The fourth-order valence-electron chi connectivity index (χ4n) is 2.39. The Morgan fingerprint density at radius 1 is 1.13 bits per heavy atom. The number of hydrogen-bond donors (Lipinski definition) is 1. The lowest BCUT2D eigenvalue weighted by Crippen LogP contribution is -2.05. The van der Waals surface area contributed by atoms with Gasteiger partial charge < -0.3 is 10.1 Å². The molecule has 4 nitrogen and oxygen atoms in total. The standard InChI is InChI=1S/C19H21N3O/c1-3-11-23-17-12-14(2)6-7-16(17)13-21-18-9-8-15-5-4-10-20-19(15)22-18/h4-10,12H,3,11,13H2,1-2H3,(H,20,21,22). The van der Waals surface area contributed by atoms with E-state index in [4.69, 9.17) is 4.74 Å². The van der Waals surface area contributed by atoms with Crippen molar-refractivity contribution in [1.29, 1.82) is 0 Å². The molecular formula is C19H21N3O. The second-order valence-electron chi connectivity index (χ2n) is 5.56. The predicted octanol–water partition coefficient (Wildman–Crippen LogP) is 4.34. The van der Waals surface area contributed by atoms with Gasteiger partial charge in [0, 0.05) is 23.7 Å². The molecule has 0 radical (unpaired) electrons. The summed E-state index contributed by atoms with van der Waals surface area (Å²) in [6, 6.07) is 14.2. The third-order valence-corrected chi connectivity index (χ3v) is 3.61. The van der Waals surface area contributed by atoms with Crippen molar-refractivity contribution >= 4 is 16.9 Å². The normalized spacial score (nSPS) is 10.7. The average molecular weight is 307 g/mol. The van der Waals surface area contributed by atoms with Crippen LogP contribution in [0.4, 0.5) is 5.82 Å². The minimum atomic E-state index is 0.671. The van der Waals surface area contributed by atoms with E-state index in [1.54, 1.807) is 6.20 Å². The maximum Gasteiger partial charge on any atom is 0.161 e. The Kier molecular flexibility index (Phi) is 4.71. The number of anilines is 1. The van der Waals surface area contributed by atoms with Crippen LogP contribution in [0.5, 0.6) is 5.75 Å². The summed E-state index contributed by atoms with van der Waals surface area (Å²) in [5, 5.41) is 4.40. The molecule has 0 unspecified atom stereocenters. The van der Waals surface area contributed by atoms with Gasteiger partial charge in [0.1, 0.15) is 11.6 Å². The van der Waals surface area contributed by atoms with Crippen LogP contribution >= 0.6 is 0 Å². The van der Waals surface area contributed by atoms with Crippen LogP contribution in [0.2, 0.25) is 0 Å². The zero-order valence-electron chi connectivity index (χ0n) is 13.5. The van der Waals surface area contributed by atoms with Gasteiger partial charge in [-0.25, -0.2) is 9.97 Å². The Hall–Kier alpha value is -2.62.